The lowest BCUT2D eigenvalue weighted by Gasteiger charge is -2.30. The minimum Gasteiger partial charge on any atom is -0.493 e. The van der Waals surface area contributed by atoms with Gasteiger partial charge in [-0.15, -0.1) is 0 Å². The SMILES string of the molecule is COc1c(Cl)cccc1Nc1c(-c2ccncc2OC[C@H]2CN(C)CCO2)[nH]c2c1C(=O)N[C@@H]1C[C@H]21. The van der Waals surface area contributed by atoms with Crippen molar-refractivity contribution < 1.29 is 19.0 Å². The average molecular weight is 510 g/mol. The summed E-state index contributed by atoms with van der Waals surface area (Å²) >= 11 is 6.38. The molecule has 2 aromatic heterocycles. The van der Waals surface area contributed by atoms with Crippen molar-refractivity contribution in [3.8, 4) is 22.8 Å². The number of likely N-dealkylation sites (N-methyl/N-ethyl adjacent to an activating group) is 1. The number of fused-ring (bicyclic) bond motifs is 3. The van der Waals surface area contributed by atoms with E-state index in [1.165, 1.54) is 0 Å². The van der Waals surface area contributed by atoms with Crippen molar-refractivity contribution in [1.29, 1.82) is 0 Å². The predicted octanol–water partition coefficient (Wildman–Crippen LogP) is 3.79. The van der Waals surface area contributed by atoms with E-state index in [-0.39, 0.29) is 24.0 Å². The zero-order chi connectivity index (χ0) is 24.8. The van der Waals surface area contributed by atoms with Gasteiger partial charge in [-0.1, -0.05) is 17.7 Å². The molecule has 0 spiro atoms. The second-order valence-electron chi connectivity index (χ2n) is 9.47. The number of methoxy groups -OCH3 is 1. The number of aromatic amines is 1. The van der Waals surface area contributed by atoms with Crippen LogP contribution in [0.15, 0.2) is 36.7 Å². The molecule has 1 saturated heterocycles. The number of pyridine rings is 1. The van der Waals surface area contributed by atoms with Crippen LogP contribution in [0.3, 0.4) is 0 Å². The lowest BCUT2D eigenvalue weighted by atomic mass is 10.0. The van der Waals surface area contributed by atoms with Crippen LogP contribution in [-0.4, -0.2) is 73.4 Å². The van der Waals surface area contributed by atoms with Gasteiger partial charge in [0.25, 0.3) is 5.91 Å². The monoisotopic (exact) mass is 509 g/mol. The van der Waals surface area contributed by atoms with E-state index in [0.29, 0.717) is 46.7 Å². The molecule has 36 heavy (non-hydrogen) atoms. The number of nitrogens with one attached hydrogen (secondary N) is 3. The van der Waals surface area contributed by atoms with Crippen molar-refractivity contribution >= 4 is 28.9 Å². The maximum atomic E-state index is 13.2. The molecule has 1 aliphatic carbocycles. The number of benzene rings is 1. The van der Waals surface area contributed by atoms with Crippen molar-refractivity contribution in [2.75, 3.05) is 45.8 Å². The first-order valence-electron chi connectivity index (χ1n) is 12.1. The zero-order valence-corrected chi connectivity index (χ0v) is 20.9. The van der Waals surface area contributed by atoms with Gasteiger partial charge in [0, 0.05) is 42.5 Å². The number of rotatable bonds is 7. The minimum atomic E-state index is -0.107. The number of nitrogens with zero attached hydrogens (tertiary/aromatic N) is 2. The highest BCUT2D eigenvalue weighted by Crippen LogP contribution is 2.51. The van der Waals surface area contributed by atoms with Gasteiger partial charge < -0.3 is 34.7 Å². The highest BCUT2D eigenvalue weighted by atomic mass is 35.5. The predicted molar refractivity (Wildman–Crippen MR) is 137 cm³/mol. The third-order valence-corrected chi connectivity index (χ3v) is 7.28. The molecule has 2 fully saturated rings. The van der Waals surface area contributed by atoms with Gasteiger partial charge in [0.1, 0.15) is 18.5 Å². The van der Waals surface area contributed by atoms with Crippen molar-refractivity contribution in [3.63, 3.8) is 0 Å². The van der Waals surface area contributed by atoms with Crippen molar-refractivity contribution in [1.82, 2.24) is 20.2 Å². The molecule has 3 aromatic rings. The average Bonchev–Trinajstić information content (AvgIpc) is 3.55. The summed E-state index contributed by atoms with van der Waals surface area (Å²) < 4.78 is 17.7. The molecule has 9 nitrogen and oxygen atoms in total. The summed E-state index contributed by atoms with van der Waals surface area (Å²) in [5.74, 6) is 1.28. The van der Waals surface area contributed by atoms with Crippen molar-refractivity contribution in [3.05, 3.63) is 52.9 Å². The molecule has 1 saturated carbocycles. The molecule has 4 heterocycles. The van der Waals surface area contributed by atoms with Gasteiger partial charge in [-0.25, -0.2) is 0 Å². The van der Waals surface area contributed by atoms with E-state index < -0.39 is 0 Å². The summed E-state index contributed by atoms with van der Waals surface area (Å²) in [6, 6.07) is 7.54. The first kappa shape index (κ1) is 23.1. The molecule has 2 aliphatic heterocycles. The number of H-pyrrole nitrogens is 1. The van der Waals surface area contributed by atoms with Gasteiger partial charge in [0.15, 0.2) is 5.75 Å². The van der Waals surface area contributed by atoms with Crippen molar-refractivity contribution in [2.45, 2.75) is 24.5 Å². The Morgan fingerprint density at radius 2 is 2.22 bits per heavy atom. The number of hydrogen-bond donors (Lipinski definition) is 3. The van der Waals surface area contributed by atoms with Gasteiger partial charge >= 0.3 is 0 Å². The lowest BCUT2D eigenvalue weighted by molar-refractivity contribution is -0.0403. The quantitative estimate of drug-likeness (QED) is 0.445. The first-order chi connectivity index (χ1) is 17.5. The van der Waals surface area contributed by atoms with Crippen molar-refractivity contribution in [2.24, 2.45) is 0 Å². The Morgan fingerprint density at radius 1 is 1.33 bits per heavy atom. The van der Waals surface area contributed by atoms with Gasteiger partial charge in [0.2, 0.25) is 0 Å². The second kappa shape index (κ2) is 9.31. The molecule has 3 aliphatic rings. The van der Waals surface area contributed by atoms with Crippen LogP contribution in [0.2, 0.25) is 5.02 Å². The zero-order valence-electron chi connectivity index (χ0n) is 20.1. The number of aromatic nitrogens is 2. The number of hydrogen-bond acceptors (Lipinski definition) is 7. The number of anilines is 2. The highest BCUT2D eigenvalue weighted by Gasteiger charge is 2.48. The van der Waals surface area contributed by atoms with Gasteiger partial charge in [-0.2, -0.15) is 0 Å². The number of amides is 1. The van der Waals surface area contributed by atoms with Crippen LogP contribution in [0.5, 0.6) is 11.5 Å². The summed E-state index contributed by atoms with van der Waals surface area (Å²) in [6.45, 7) is 2.80. The van der Waals surface area contributed by atoms with E-state index in [0.717, 1.165) is 36.5 Å². The van der Waals surface area contributed by atoms with E-state index in [1.54, 1.807) is 25.6 Å². The highest BCUT2D eigenvalue weighted by molar-refractivity contribution is 6.32. The summed E-state index contributed by atoms with van der Waals surface area (Å²) in [5.41, 5.74) is 4.40. The number of para-hydroxylation sites is 1. The molecule has 0 bridgehead atoms. The van der Waals surface area contributed by atoms with Crippen LogP contribution >= 0.6 is 11.6 Å². The number of ether oxygens (including phenoxy) is 3. The summed E-state index contributed by atoms with van der Waals surface area (Å²) in [6.07, 6.45) is 4.31. The second-order valence-corrected chi connectivity index (χ2v) is 9.88. The number of carbonyl (C=O) groups is 1. The molecule has 188 valence electrons. The number of halogens is 1. The van der Waals surface area contributed by atoms with Gasteiger partial charge in [0.05, 0.1) is 47.6 Å². The topological polar surface area (TPSA) is 101 Å². The van der Waals surface area contributed by atoms with E-state index in [4.69, 9.17) is 25.8 Å². The Balaban J connectivity index is 1.40. The Hall–Kier alpha value is -3.27. The molecule has 1 aromatic carbocycles. The molecular formula is C26H28ClN5O4. The van der Waals surface area contributed by atoms with Crippen LogP contribution in [0, 0.1) is 0 Å². The molecule has 3 N–H and O–H groups in total. The summed E-state index contributed by atoms with van der Waals surface area (Å²) in [7, 11) is 3.65. The fraction of sp³-hybridized carbons (Fsp3) is 0.385. The number of morpholine rings is 1. The van der Waals surface area contributed by atoms with Crippen LogP contribution in [0.1, 0.15) is 28.4 Å². The molecular weight excluding hydrogens is 482 g/mol. The van der Waals surface area contributed by atoms with Crippen LogP contribution < -0.4 is 20.1 Å². The molecule has 0 unspecified atom stereocenters. The normalized spacial score (nSPS) is 22.9. The smallest absolute Gasteiger partial charge is 0.255 e. The van der Waals surface area contributed by atoms with Gasteiger partial charge in [-0.05, 0) is 31.7 Å². The third-order valence-electron chi connectivity index (χ3n) is 6.99. The molecule has 3 atom stereocenters. The minimum absolute atomic E-state index is 0.0278. The summed E-state index contributed by atoms with van der Waals surface area (Å²) in [5, 5.41) is 7.02. The maximum Gasteiger partial charge on any atom is 0.255 e. The Kier molecular flexibility index (Phi) is 5.99. The largest absolute Gasteiger partial charge is 0.493 e. The fourth-order valence-corrected chi connectivity index (χ4v) is 5.33. The van der Waals surface area contributed by atoms with Crippen LogP contribution in [0.25, 0.3) is 11.3 Å². The molecule has 10 heteroatoms. The van der Waals surface area contributed by atoms with E-state index in [1.807, 2.05) is 18.2 Å². The summed E-state index contributed by atoms with van der Waals surface area (Å²) in [4.78, 5) is 23.2. The lowest BCUT2D eigenvalue weighted by Crippen LogP contribution is -2.42. The molecule has 1 amide bonds. The van der Waals surface area contributed by atoms with Gasteiger partial charge in [-0.3, -0.25) is 9.78 Å². The Labute approximate surface area is 214 Å². The standard InChI is InChI=1S/C26H28ClN5O4/c1-32-8-9-35-14(12-32)13-36-20-11-28-7-6-15(20)23-24(29-18-5-3-4-17(27)25(18)34-2)21-22(31-23)16-10-19(16)30-26(21)33/h3-7,11,14,16,19,29,31H,8-10,12-13H2,1-2H3,(H,30,33)/t14-,16+,19-/m1/s1. The first-order valence-corrected chi connectivity index (χ1v) is 12.4. The van der Waals surface area contributed by atoms with Crippen LogP contribution in [0.4, 0.5) is 11.4 Å². The van der Waals surface area contributed by atoms with Crippen LogP contribution in [-0.2, 0) is 4.74 Å². The third kappa shape index (κ3) is 4.17. The Morgan fingerprint density at radius 3 is 3.06 bits per heavy atom. The fourth-order valence-electron chi connectivity index (χ4n) is 5.08. The Bertz CT molecular complexity index is 1310. The number of carbonyl (C=O) groups excluding carboxylic acids is 1. The molecule has 6 rings (SSSR count). The van der Waals surface area contributed by atoms with E-state index >= 15 is 0 Å². The molecule has 0 radical (unpaired) electrons. The van der Waals surface area contributed by atoms with E-state index in [2.05, 4.69) is 32.5 Å². The maximum absolute atomic E-state index is 13.2. The van der Waals surface area contributed by atoms with E-state index in [9.17, 15) is 4.79 Å².